The molecular formula is C17H21N3O. The van der Waals surface area contributed by atoms with E-state index in [0.29, 0.717) is 17.4 Å². The Hall–Kier alpha value is -2.10. The van der Waals surface area contributed by atoms with Gasteiger partial charge in [0.2, 0.25) is 0 Å². The zero-order valence-corrected chi connectivity index (χ0v) is 12.4. The van der Waals surface area contributed by atoms with Gasteiger partial charge in [0.05, 0.1) is 5.52 Å². The summed E-state index contributed by atoms with van der Waals surface area (Å²) in [6.07, 6.45) is 4.34. The van der Waals surface area contributed by atoms with Crippen molar-refractivity contribution in [3.05, 3.63) is 36.0 Å². The minimum Gasteiger partial charge on any atom is -0.398 e. The van der Waals surface area contributed by atoms with Crippen molar-refractivity contribution in [3.8, 4) is 0 Å². The summed E-state index contributed by atoms with van der Waals surface area (Å²) in [5, 5.41) is 0.903. The van der Waals surface area contributed by atoms with Gasteiger partial charge in [-0.3, -0.25) is 4.79 Å². The first-order valence-electron chi connectivity index (χ1n) is 7.67. The average molecular weight is 283 g/mol. The number of pyridine rings is 1. The second-order valence-electron chi connectivity index (χ2n) is 5.70. The van der Waals surface area contributed by atoms with Crippen molar-refractivity contribution >= 4 is 22.5 Å². The number of para-hydroxylation sites is 1. The average Bonchev–Trinajstić information content (AvgIpc) is 3.32. The van der Waals surface area contributed by atoms with E-state index < -0.39 is 0 Å². The van der Waals surface area contributed by atoms with Crippen LogP contribution in [0, 0.1) is 0 Å². The second-order valence-corrected chi connectivity index (χ2v) is 5.70. The van der Waals surface area contributed by atoms with Gasteiger partial charge >= 0.3 is 0 Å². The Kier molecular flexibility index (Phi) is 3.78. The van der Waals surface area contributed by atoms with E-state index >= 15 is 0 Å². The van der Waals surface area contributed by atoms with Crippen molar-refractivity contribution in [1.82, 2.24) is 9.88 Å². The number of rotatable bonds is 5. The summed E-state index contributed by atoms with van der Waals surface area (Å²) >= 11 is 0. The lowest BCUT2D eigenvalue weighted by atomic mass is 10.1. The number of benzene rings is 1. The first-order chi connectivity index (χ1) is 10.2. The van der Waals surface area contributed by atoms with Gasteiger partial charge in [-0.25, -0.2) is 4.98 Å². The third-order valence-corrected chi connectivity index (χ3v) is 3.97. The summed E-state index contributed by atoms with van der Waals surface area (Å²) in [5.41, 5.74) is 7.95. The standard InChI is InChI=1S/C17H21N3O/c1-2-3-10-20(12-8-9-12)17(21)16-11-14(18)13-6-4-5-7-15(13)19-16/h4-7,11-12H,2-3,8-10H2,1H3,(H2,18,19). The van der Waals surface area contributed by atoms with Crippen LogP contribution < -0.4 is 5.73 Å². The molecule has 0 saturated heterocycles. The molecule has 21 heavy (non-hydrogen) atoms. The second kappa shape index (κ2) is 5.72. The molecule has 0 unspecified atom stereocenters. The smallest absolute Gasteiger partial charge is 0.272 e. The third kappa shape index (κ3) is 2.84. The molecule has 2 N–H and O–H groups in total. The predicted octanol–water partition coefficient (Wildman–Crippen LogP) is 3.22. The maximum absolute atomic E-state index is 12.7. The van der Waals surface area contributed by atoms with Crippen molar-refractivity contribution in [2.45, 2.75) is 38.6 Å². The Morgan fingerprint density at radius 1 is 1.38 bits per heavy atom. The minimum atomic E-state index is 0.0170. The van der Waals surface area contributed by atoms with Crippen LogP contribution in [0.25, 0.3) is 10.9 Å². The predicted molar refractivity (Wildman–Crippen MR) is 85.1 cm³/mol. The van der Waals surface area contributed by atoms with E-state index in [9.17, 15) is 4.79 Å². The van der Waals surface area contributed by atoms with E-state index in [2.05, 4.69) is 11.9 Å². The maximum atomic E-state index is 12.7. The molecule has 1 fully saturated rings. The Morgan fingerprint density at radius 3 is 2.86 bits per heavy atom. The van der Waals surface area contributed by atoms with Gasteiger partial charge in [-0.15, -0.1) is 0 Å². The highest BCUT2D eigenvalue weighted by atomic mass is 16.2. The molecule has 0 bridgehead atoms. The number of nitrogens with two attached hydrogens (primary N) is 1. The SMILES string of the molecule is CCCCN(C(=O)c1cc(N)c2ccccc2n1)C1CC1. The molecule has 4 nitrogen and oxygen atoms in total. The van der Waals surface area contributed by atoms with E-state index in [0.717, 1.165) is 43.1 Å². The summed E-state index contributed by atoms with van der Waals surface area (Å²) in [7, 11) is 0. The molecule has 3 rings (SSSR count). The summed E-state index contributed by atoms with van der Waals surface area (Å²) in [6.45, 7) is 2.95. The van der Waals surface area contributed by atoms with Crippen LogP contribution in [-0.2, 0) is 0 Å². The summed E-state index contributed by atoms with van der Waals surface area (Å²) < 4.78 is 0. The maximum Gasteiger partial charge on any atom is 0.272 e. The Balaban J connectivity index is 1.92. The fourth-order valence-electron chi connectivity index (χ4n) is 2.62. The first kappa shape index (κ1) is 13.9. The fourth-order valence-corrected chi connectivity index (χ4v) is 2.62. The summed E-state index contributed by atoms with van der Waals surface area (Å²) in [4.78, 5) is 19.2. The first-order valence-corrected chi connectivity index (χ1v) is 7.67. The Morgan fingerprint density at radius 2 is 2.14 bits per heavy atom. The van der Waals surface area contributed by atoms with Gasteiger partial charge in [-0.05, 0) is 31.4 Å². The van der Waals surface area contributed by atoms with Gasteiger partial charge in [0.15, 0.2) is 0 Å². The number of anilines is 1. The monoisotopic (exact) mass is 283 g/mol. The molecule has 0 aliphatic heterocycles. The number of fused-ring (bicyclic) bond motifs is 1. The van der Waals surface area contributed by atoms with Crippen LogP contribution in [0.2, 0.25) is 0 Å². The molecule has 4 heteroatoms. The quantitative estimate of drug-likeness (QED) is 0.916. The van der Waals surface area contributed by atoms with E-state index in [1.54, 1.807) is 6.07 Å². The van der Waals surface area contributed by atoms with E-state index in [1.165, 1.54) is 0 Å². The van der Waals surface area contributed by atoms with Crippen molar-refractivity contribution in [2.24, 2.45) is 0 Å². The largest absolute Gasteiger partial charge is 0.398 e. The zero-order valence-electron chi connectivity index (χ0n) is 12.4. The number of nitrogen functional groups attached to an aromatic ring is 1. The molecule has 1 aromatic heterocycles. The molecule has 110 valence electrons. The lowest BCUT2D eigenvalue weighted by Crippen LogP contribution is -2.34. The van der Waals surface area contributed by atoms with E-state index in [1.807, 2.05) is 29.2 Å². The molecule has 1 aliphatic carbocycles. The molecular weight excluding hydrogens is 262 g/mol. The number of unbranched alkanes of at least 4 members (excludes halogenated alkanes) is 1. The van der Waals surface area contributed by atoms with Gasteiger partial charge in [-0.1, -0.05) is 31.5 Å². The molecule has 1 amide bonds. The summed E-state index contributed by atoms with van der Waals surface area (Å²) in [5.74, 6) is 0.0170. The minimum absolute atomic E-state index is 0.0170. The Labute approximate surface area is 125 Å². The van der Waals surface area contributed by atoms with Crippen LogP contribution in [0.15, 0.2) is 30.3 Å². The Bertz CT molecular complexity index is 664. The van der Waals surface area contributed by atoms with Gasteiger partial charge in [0.25, 0.3) is 5.91 Å². The highest BCUT2D eigenvalue weighted by molar-refractivity contribution is 5.99. The molecule has 0 atom stereocenters. The number of amides is 1. The third-order valence-electron chi connectivity index (χ3n) is 3.97. The summed E-state index contributed by atoms with van der Waals surface area (Å²) in [6, 6.07) is 9.79. The molecule has 0 spiro atoms. The van der Waals surface area contributed by atoms with E-state index in [-0.39, 0.29) is 5.91 Å². The zero-order chi connectivity index (χ0) is 14.8. The van der Waals surface area contributed by atoms with Crippen LogP contribution in [0.3, 0.4) is 0 Å². The number of nitrogens with zero attached hydrogens (tertiary/aromatic N) is 2. The molecule has 1 aromatic carbocycles. The number of aromatic nitrogens is 1. The number of hydrogen-bond acceptors (Lipinski definition) is 3. The highest BCUT2D eigenvalue weighted by Gasteiger charge is 2.33. The molecule has 2 aromatic rings. The van der Waals surface area contributed by atoms with Crippen molar-refractivity contribution in [3.63, 3.8) is 0 Å². The van der Waals surface area contributed by atoms with Crippen LogP contribution >= 0.6 is 0 Å². The van der Waals surface area contributed by atoms with Crippen LogP contribution in [0.1, 0.15) is 43.1 Å². The van der Waals surface area contributed by atoms with Crippen LogP contribution in [-0.4, -0.2) is 28.4 Å². The van der Waals surface area contributed by atoms with Gasteiger partial charge in [-0.2, -0.15) is 0 Å². The number of hydrogen-bond donors (Lipinski definition) is 1. The normalized spacial score (nSPS) is 14.3. The lowest BCUT2D eigenvalue weighted by molar-refractivity contribution is 0.0735. The lowest BCUT2D eigenvalue weighted by Gasteiger charge is -2.22. The van der Waals surface area contributed by atoms with Gasteiger partial charge < -0.3 is 10.6 Å². The van der Waals surface area contributed by atoms with Crippen molar-refractivity contribution in [2.75, 3.05) is 12.3 Å². The molecule has 1 aliphatic rings. The van der Waals surface area contributed by atoms with E-state index in [4.69, 9.17) is 5.73 Å². The number of carbonyl (C=O) groups excluding carboxylic acids is 1. The highest BCUT2D eigenvalue weighted by Crippen LogP contribution is 2.29. The van der Waals surface area contributed by atoms with Crippen LogP contribution in [0.5, 0.6) is 0 Å². The fraction of sp³-hybridized carbons (Fsp3) is 0.412. The van der Waals surface area contributed by atoms with Crippen molar-refractivity contribution < 1.29 is 4.79 Å². The molecule has 1 heterocycles. The van der Waals surface area contributed by atoms with Crippen molar-refractivity contribution in [1.29, 1.82) is 0 Å². The molecule has 1 saturated carbocycles. The topological polar surface area (TPSA) is 59.2 Å². The molecule has 0 radical (unpaired) electrons. The van der Waals surface area contributed by atoms with Gasteiger partial charge in [0, 0.05) is 23.7 Å². The number of carbonyl (C=O) groups is 1. The van der Waals surface area contributed by atoms with Crippen LogP contribution in [0.4, 0.5) is 5.69 Å². The van der Waals surface area contributed by atoms with Gasteiger partial charge in [0.1, 0.15) is 5.69 Å².